The van der Waals surface area contributed by atoms with Crippen molar-refractivity contribution in [1.82, 2.24) is 9.80 Å². The highest BCUT2D eigenvalue weighted by Gasteiger charge is 2.51. The molecule has 3 aromatic carbocycles. The Balaban J connectivity index is 1.42. The van der Waals surface area contributed by atoms with E-state index in [-0.39, 0.29) is 41.2 Å². The molecular weight excluding hydrogens is 536 g/mol. The van der Waals surface area contributed by atoms with Crippen LogP contribution in [0.2, 0.25) is 5.04 Å². The van der Waals surface area contributed by atoms with Crippen molar-refractivity contribution in [2.24, 2.45) is 11.8 Å². The summed E-state index contributed by atoms with van der Waals surface area (Å²) in [4.78, 5) is 17.5. The molecule has 5 rings (SSSR count). The van der Waals surface area contributed by atoms with Crippen molar-refractivity contribution in [3.05, 3.63) is 108 Å². The molecular formula is C36H46N2O3Si. The number of hydrogen-bond donors (Lipinski definition) is 0. The van der Waals surface area contributed by atoms with E-state index in [1.807, 2.05) is 35.0 Å². The van der Waals surface area contributed by atoms with E-state index in [4.69, 9.17) is 9.16 Å². The zero-order valence-corrected chi connectivity index (χ0v) is 27.2. The van der Waals surface area contributed by atoms with E-state index < -0.39 is 8.32 Å². The summed E-state index contributed by atoms with van der Waals surface area (Å²) in [6.45, 7) is 13.9. The SMILES string of the molecule is C[C@H](CO[Si](c1ccccc1)(c1ccccc1)C(C)(C)C)C1=CC[C@H](C)[C@H](N2C(=O)N(C)[C@H](C)[C@@H]2c2ccccc2)O1. The summed E-state index contributed by atoms with van der Waals surface area (Å²) < 4.78 is 14.0. The van der Waals surface area contributed by atoms with Crippen LogP contribution in [-0.2, 0) is 9.16 Å². The second-order valence-electron chi connectivity index (χ2n) is 13.1. The van der Waals surface area contributed by atoms with Crippen molar-refractivity contribution in [2.75, 3.05) is 13.7 Å². The fourth-order valence-corrected chi connectivity index (χ4v) is 11.4. The van der Waals surface area contributed by atoms with E-state index in [0.29, 0.717) is 6.61 Å². The molecule has 5 atom stereocenters. The second-order valence-corrected chi connectivity index (χ2v) is 17.4. The molecule has 2 heterocycles. The first kappa shape index (κ1) is 30.1. The first-order valence-electron chi connectivity index (χ1n) is 15.3. The summed E-state index contributed by atoms with van der Waals surface area (Å²) >= 11 is 0. The molecule has 6 heteroatoms. The highest BCUT2D eigenvalue weighted by Crippen LogP contribution is 2.42. The van der Waals surface area contributed by atoms with Gasteiger partial charge in [-0.2, -0.15) is 0 Å². The van der Waals surface area contributed by atoms with Gasteiger partial charge in [-0.05, 0) is 40.4 Å². The minimum Gasteiger partial charge on any atom is -0.474 e. The second kappa shape index (κ2) is 12.1. The third kappa shape index (κ3) is 5.43. The molecule has 0 spiro atoms. The Labute approximate surface area is 253 Å². The molecule has 0 saturated carbocycles. The lowest BCUT2D eigenvalue weighted by molar-refractivity contribution is -0.0649. The molecule has 5 nitrogen and oxygen atoms in total. The molecule has 1 saturated heterocycles. The minimum atomic E-state index is -2.67. The first-order chi connectivity index (χ1) is 20.1. The van der Waals surface area contributed by atoms with E-state index >= 15 is 0 Å². The number of benzene rings is 3. The average Bonchev–Trinajstić information content (AvgIpc) is 3.22. The Kier molecular flexibility index (Phi) is 8.67. The molecule has 2 aliphatic heterocycles. The molecule has 0 aromatic heterocycles. The Bertz CT molecular complexity index is 1330. The molecule has 0 aliphatic carbocycles. The summed E-state index contributed by atoms with van der Waals surface area (Å²) in [7, 11) is -0.774. The standard InChI is InChI=1S/C36H46N2O3Si/c1-26-23-24-32(41-34(26)38-33(28(3)37(7)35(38)39)29-17-11-8-12-18-29)27(2)25-40-42(36(4,5)6,30-19-13-9-14-20-30)31-21-15-10-16-22-31/h8-22,24,26-28,33-34H,23,25H2,1-7H3/t26-,27+,28+,33+,34+/m0/s1. The Morgan fingerprint density at radius 3 is 1.95 bits per heavy atom. The molecule has 2 aliphatic rings. The van der Waals surface area contributed by atoms with Crippen LogP contribution in [0.5, 0.6) is 0 Å². The number of urea groups is 1. The van der Waals surface area contributed by atoms with Gasteiger partial charge in [-0.25, -0.2) is 4.79 Å². The van der Waals surface area contributed by atoms with Gasteiger partial charge in [0.25, 0.3) is 8.32 Å². The molecule has 42 heavy (non-hydrogen) atoms. The van der Waals surface area contributed by atoms with Crippen molar-refractivity contribution < 1.29 is 14.0 Å². The molecule has 0 radical (unpaired) electrons. The monoisotopic (exact) mass is 582 g/mol. The average molecular weight is 583 g/mol. The van der Waals surface area contributed by atoms with Gasteiger partial charge in [-0.1, -0.05) is 126 Å². The molecule has 1 fully saturated rings. The highest BCUT2D eigenvalue weighted by atomic mass is 28.4. The Morgan fingerprint density at radius 2 is 1.43 bits per heavy atom. The van der Waals surface area contributed by atoms with Crippen molar-refractivity contribution in [2.45, 2.75) is 71.3 Å². The Morgan fingerprint density at radius 1 is 0.905 bits per heavy atom. The van der Waals surface area contributed by atoms with Crippen LogP contribution in [0.3, 0.4) is 0 Å². The van der Waals surface area contributed by atoms with Crippen LogP contribution < -0.4 is 10.4 Å². The fraction of sp³-hybridized carbons (Fsp3) is 0.417. The van der Waals surface area contributed by atoms with E-state index in [0.717, 1.165) is 17.7 Å². The van der Waals surface area contributed by atoms with Gasteiger partial charge in [-0.15, -0.1) is 0 Å². The number of ether oxygens (including phenoxy) is 1. The molecule has 2 amide bonds. The number of carbonyl (C=O) groups is 1. The number of rotatable bonds is 8. The number of likely N-dealkylation sites (N-methyl/N-ethyl adjacent to an activating group) is 1. The van der Waals surface area contributed by atoms with E-state index in [1.54, 1.807) is 0 Å². The lowest BCUT2D eigenvalue weighted by Crippen LogP contribution is -2.66. The van der Waals surface area contributed by atoms with Crippen LogP contribution in [0.25, 0.3) is 0 Å². The summed E-state index contributed by atoms with van der Waals surface area (Å²) in [6.07, 6.45) is 2.73. The summed E-state index contributed by atoms with van der Waals surface area (Å²) in [5.41, 5.74) is 1.14. The smallest absolute Gasteiger partial charge is 0.323 e. The lowest BCUT2D eigenvalue weighted by Gasteiger charge is -2.44. The highest BCUT2D eigenvalue weighted by molar-refractivity contribution is 6.99. The zero-order chi connectivity index (χ0) is 30.1. The molecule has 222 valence electrons. The lowest BCUT2D eigenvalue weighted by atomic mass is 9.95. The maximum atomic E-state index is 13.6. The number of nitrogens with zero attached hydrogens (tertiary/aromatic N) is 2. The van der Waals surface area contributed by atoms with Gasteiger partial charge < -0.3 is 14.1 Å². The van der Waals surface area contributed by atoms with E-state index in [2.05, 4.69) is 120 Å². The van der Waals surface area contributed by atoms with Crippen LogP contribution in [0.15, 0.2) is 103 Å². The zero-order valence-electron chi connectivity index (χ0n) is 26.2. The predicted molar refractivity (Wildman–Crippen MR) is 173 cm³/mol. The van der Waals surface area contributed by atoms with Gasteiger partial charge in [0.05, 0.1) is 12.1 Å². The van der Waals surface area contributed by atoms with Crippen molar-refractivity contribution >= 4 is 24.7 Å². The molecule has 3 aromatic rings. The number of amides is 2. The first-order valence-corrected chi connectivity index (χ1v) is 17.2. The minimum absolute atomic E-state index is 0.0191. The topological polar surface area (TPSA) is 42.0 Å². The quantitative estimate of drug-likeness (QED) is 0.270. The van der Waals surface area contributed by atoms with Crippen LogP contribution in [0.4, 0.5) is 4.79 Å². The van der Waals surface area contributed by atoms with Crippen LogP contribution in [0, 0.1) is 11.8 Å². The van der Waals surface area contributed by atoms with Gasteiger partial charge in [0, 0.05) is 25.5 Å². The number of allylic oxidation sites excluding steroid dienone is 1. The van der Waals surface area contributed by atoms with Gasteiger partial charge >= 0.3 is 6.03 Å². The number of carbonyl (C=O) groups excluding carboxylic acids is 1. The number of hydrogen-bond acceptors (Lipinski definition) is 3. The molecule has 0 N–H and O–H groups in total. The van der Waals surface area contributed by atoms with Gasteiger partial charge in [0.15, 0.2) is 6.23 Å². The van der Waals surface area contributed by atoms with Crippen molar-refractivity contribution in [1.29, 1.82) is 0 Å². The normalized spacial score (nSPS) is 23.9. The third-order valence-corrected chi connectivity index (χ3v) is 14.2. The maximum absolute atomic E-state index is 13.6. The predicted octanol–water partition coefficient (Wildman–Crippen LogP) is 6.96. The van der Waals surface area contributed by atoms with Crippen LogP contribution in [-0.4, -0.2) is 50.1 Å². The third-order valence-electron chi connectivity index (χ3n) is 9.19. The summed E-state index contributed by atoms with van der Waals surface area (Å²) in [6, 6.07) is 31.8. The van der Waals surface area contributed by atoms with Crippen molar-refractivity contribution in [3.63, 3.8) is 0 Å². The van der Waals surface area contributed by atoms with Crippen LogP contribution >= 0.6 is 0 Å². The van der Waals surface area contributed by atoms with Crippen LogP contribution in [0.1, 0.15) is 59.6 Å². The van der Waals surface area contributed by atoms with Gasteiger partial charge in [0.2, 0.25) is 0 Å². The fourth-order valence-electron chi connectivity index (χ4n) is 6.74. The van der Waals surface area contributed by atoms with E-state index in [9.17, 15) is 4.79 Å². The van der Waals surface area contributed by atoms with Crippen molar-refractivity contribution in [3.8, 4) is 0 Å². The Hall–Kier alpha value is -3.35. The molecule has 0 bridgehead atoms. The van der Waals surface area contributed by atoms with Gasteiger partial charge in [0.1, 0.15) is 5.76 Å². The van der Waals surface area contributed by atoms with E-state index in [1.165, 1.54) is 10.4 Å². The van der Waals surface area contributed by atoms with Gasteiger partial charge in [-0.3, -0.25) is 4.90 Å². The largest absolute Gasteiger partial charge is 0.474 e. The summed E-state index contributed by atoms with van der Waals surface area (Å²) in [5, 5.41) is 2.44. The molecule has 0 unspecified atom stereocenters. The maximum Gasteiger partial charge on any atom is 0.323 e. The summed E-state index contributed by atoms with van der Waals surface area (Å²) in [5.74, 6) is 1.12.